The highest BCUT2D eigenvalue weighted by Gasteiger charge is 2.23. The summed E-state index contributed by atoms with van der Waals surface area (Å²) >= 11 is 1.48. The zero-order chi connectivity index (χ0) is 24.1. The van der Waals surface area contributed by atoms with Crippen LogP contribution in [-0.2, 0) is 6.42 Å². The van der Waals surface area contributed by atoms with Crippen molar-refractivity contribution in [2.45, 2.75) is 32.9 Å². The van der Waals surface area contributed by atoms with Crippen LogP contribution in [0.25, 0.3) is 0 Å². The Labute approximate surface area is 199 Å². The van der Waals surface area contributed by atoms with Crippen LogP contribution in [0, 0.1) is 6.92 Å². The predicted octanol–water partition coefficient (Wildman–Crippen LogP) is 6.66. The lowest BCUT2D eigenvalue weighted by molar-refractivity contribution is -0.0498. The van der Waals surface area contributed by atoms with E-state index in [1.165, 1.54) is 29.7 Å². The van der Waals surface area contributed by atoms with Gasteiger partial charge in [0, 0.05) is 16.6 Å². The number of furan rings is 1. The van der Waals surface area contributed by atoms with E-state index in [-0.39, 0.29) is 17.4 Å². The number of carbonyl (C=O) groups is 1. The van der Waals surface area contributed by atoms with Crippen LogP contribution < -0.4 is 15.4 Å². The second-order valence-corrected chi connectivity index (χ2v) is 8.66. The number of aromatic nitrogens is 1. The molecule has 1 atom stereocenters. The number of aryl methyl sites for hydroxylation is 2. The molecule has 1 aromatic carbocycles. The maximum Gasteiger partial charge on any atom is 0.387 e. The van der Waals surface area contributed by atoms with Crippen molar-refractivity contribution < 1.29 is 22.7 Å². The third-order valence-electron chi connectivity index (χ3n) is 5.09. The highest BCUT2D eigenvalue weighted by atomic mass is 32.1. The normalized spacial score (nSPS) is 11.9. The number of halogens is 2. The van der Waals surface area contributed by atoms with Crippen molar-refractivity contribution in [3.63, 3.8) is 0 Å². The van der Waals surface area contributed by atoms with E-state index in [9.17, 15) is 13.6 Å². The Morgan fingerprint density at radius 1 is 1.18 bits per heavy atom. The van der Waals surface area contributed by atoms with E-state index in [1.54, 1.807) is 30.5 Å². The molecule has 0 aliphatic heterocycles. The van der Waals surface area contributed by atoms with Crippen LogP contribution in [0.5, 0.6) is 5.75 Å². The van der Waals surface area contributed by atoms with Crippen LogP contribution in [0.3, 0.4) is 0 Å². The summed E-state index contributed by atoms with van der Waals surface area (Å²) in [5, 5.41) is 7.05. The number of hydrogen-bond acceptors (Lipinski definition) is 6. The summed E-state index contributed by atoms with van der Waals surface area (Å²) in [5.41, 5.74) is 2.65. The van der Waals surface area contributed by atoms with Gasteiger partial charge in [-0.2, -0.15) is 8.78 Å². The maximum absolute atomic E-state index is 12.7. The number of carbonyl (C=O) groups excluding carboxylic acids is 1. The first-order valence-corrected chi connectivity index (χ1v) is 11.5. The number of nitrogens with zero attached hydrogens (tertiary/aromatic N) is 1. The van der Waals surface area contributed by atoms with Crippen molar-refractivity contribution in [3.05, 3.63) is 94.4 Å². The Kier molecular flexibility index (Phi) is 7.22. The largest absolute Gasteiger partial charge is 0.459 e. The fraction of sp³-hybridized carbons (Fsp3) is 0.200. The molecule has 0 spiro atoms. The van der Waals surface area contributed by atoms with Crippen molar-refractivity contribution in [1.29, 1.82) is 0 Å². The van der Waals surface area contributed by atoms with Gasteiger partial charge in [0.05, 0.1) is 12.3 Å². The third-order valence-corrected chi connectivity index (χ3v) is 6.30. The average Bonchev–Trinajstić information content (AvgIpc) is 3.48. The topological polar surface area (TPSA) is 76.4 Å². The second-order valence-electron chi connectivity index (χ2n) is 7.53. The first-order chi connectivity index (χ1) is 16.4. The lowest BCUT2D eigenvalue weighted by Crippen LogP contribution is -2.17. The molecular formula is C25H23F2N3O3S. The molecule has 0 aliphatic carbocycles. The van der Waals surface area contributed by atoms with Crippen LogP contribution in [0.1, 0.15) is 45.1 Å². The molecule has 0 saturated carbocycles. The molecule has 0 fully saturated rings. The summed E-state index contributed by atoms with van der Waals surface area (Å²) in [4.78, 5) is 18.2. The number of ether oxygens (including phenoxy) is 1. The number of benzene rings is 1. The van der Waals surface area contributed by atoms with Gasteiger partial charge in [-0.25, -0.2) is 4.98 Å². The number of pyridine rings is 1. The van der Waals surface area contributed by atoms with E-state index in [0.29, 0.717) is 10.8 Å². The number of amides is 1. The number of rotatable bonds is 9. The SMILES string of the molecule is CCc1cc([C@@H](Nc2cc(C)ccn2)c2ccc(OC(F)F)cc2)c(NC(=O)c2ccco2)s1. The molecule has 4 aromatic rings. The van der Waals surface area contributed by atoms with Crippen molar-refractivity contribution >= 4 is 28.1 Å². The Morgan fingerprint density at radius 3 is 2.62 bits per heavy atom. The first kappa shape index (κ1) is 23.4. The molecule has 0 bridgehead atoms. The molecule has 34 heavy (non-hydrogen) atoms. The van der Waals surface area contributed by atoms with Gasteiger partial charge in [-0.1, -0.05) is 19.1 Å². The highest BCUT2D eigenvalue weighted by molar-refractivity contribution is 7.16. The van der Waals surface area contributed by atoms with Crippen LogP contribution >= 0.6 is 11.3 Å². The lowest BCUT2D eigenvalue weighted by Gasteiger charge is -2.21. The van der Waals surface area contributed by atoms with Gasteiger partial charge in [-0.05, 0) is 66.9 Å². The molecule has 0 aliphatic rings. The quantitative estimate of drug-likeness (QED) is 0.278. The van der Waals surface area contributed by atoms with Crippen molar-refractivity contribution in [3.8, 4) is 5.75 Å². The van der Waals surface area contributed by atoms with Gasteiger partial charge in [0.1, 0.15) is 16.6 Å². The Bertz CT molecular complexity index is 1240. The van der Waals surface area contributed by atoms with Gasteiger partial charge in [0.15, 0.2) is 5.76 Å². The molecule has 0 saturated heterocycles. The van der Waals surface area contributed by atoms with Gasteiger partial charge in [-0.3, -0.25) is 4.79 Å². The Morgan fingerprint density at radius 2 is 1.97 bits per heavy atom. The van der Waals surface area contributed by atoms with Crippen LogP contribution in [0.4, 0.5) is 19.6 Å². The molecule has 1 amide bonds. The van der Waals surface area contributed by atoms with Gasteiger partial charge >= 0.3 is 6.61 Å². The Hall–Kier alpha value is -3.72. The summed E-state index contributed by atoms with van der Waals surface area (Å²) in [7, 11) is 0. The standard InChI is InChI=1S/C25H23F2N3O3S/c1-3-18-14-19(24(34-18)30-23(31)20-5-4-12-32-20)22(29-21-13-15(2)10-11-28-21)16-6-8-17(9-7-16)33-25(26)27/h4-14,22,25H,3H2,1-2H3,(H,28,29)(H,30,31)/t22-/m0/s1. The monoisotopic (exact) mass is 483 g/mol. The molecule has 3 heterocycles. The molecule has 0 unspecified atom stereocenters. The van der Waals surface area contributed by atoms with E-state index < -0.39 is 12.7 Å². The number of thiophene rings is 1. The smallest absolute Gasteiger partial charge is 0.387 e. The van der Waals surface area contributed by atoms with Gasteiger partial charge in [0.25, 0.3) is 5.91 Å². The third kappa shape index (κ3) is 5.60. The minimum absolute atomic E-state index is 0.0668. The number of nitrogens with one attached hydrogen (secondary N) is 2. The summed E-state index contributed by atoms with van der Waals surface area (Å²) in [6, 6.07) is 15.1. The molecular weight excluding hydrogens is 460 g/mol. The van der Waals surface area contributed by atoms with Crippen molar-refractivity contribution in [2.75, 3.05) is 10.6 Å². The molecule has 2 N–H and O–H groups in total. The van der Waals surface area contributed by atoms with E-state index in [2.05, 4.69) is 20.4 Å². The fourth-order valence-corrected chi connectivity index (χ4v) is 4.49. The van der Waals surface area contributed by atoms with Gasteiger partial charge in [0.2, 0.25) is 0 Å². The van der Waals surface area contributed by atoms with E-state index in [4.69, 9.17) is 4.42 Å². The molecule has 3 aromatic heterocycles. The highest BCUT2D eigenvalue weighted by Crippen LogP contribution is 2.38. The van der Waals surface area contributed by atoms with Crippen LogP contribution in [0.2, 0.25) is 0 Å². The first-order valence-electron chi connectivity index (χ1n) is 10.6. The molecule has 6 nitrogen and oxygen atoms in total. The summed E-state index contributed by atoms with van der Waals surface area (Å²) in [6.07, 6.45) is 3.93. The minimum atomic E-state index is -2.90. The predicted molar refractivity (Wildman–Crippen MR) is 128 cm³/mol. The van der Waals surface area contributed by atoms with E-state index in [1.807, 2.05) is 32.0 Å². The zero-order valence-electron chi connectivity index (χ0n) is 18.5. The second kappa shape index (κ2) is 10.5. The maximum atomic E-state index is 12.7. The number of anilines is 2. The minimum Gasteiger partial charge on any atom is -0.459 e. The van der Waals surface area contributed by atoms with E-state index >= 15 is 0 Å². The van der Waals surface area contributed by atoms with Crippen molar-refractivity contribution in [1.82, 2.24) is 4.98 Å². The van der Waals surface area contributed by atoms with Gasteiger partial charge in [-0.15, -0.1) is 11.3 Å². The molecule has 0 radical (unpaired) electrons. The average molecular weight is 484 g/mol. The fourth-order valence-electron chi connectivity index (χ4n) is 3.46. The van der Waals surface area contributed by atoms with E-state index in [0.717, 1.165) is 28.0 Å². The molecule has 4 rings (SSSR count). The zero-order valence-corrected chi connectivity index (χ0v) is 19.4. The van der Waals surface area contributed by atoms with Crippen LogP contribution in [0.15, 0.2) is 71.5 Å². The van der Waals surface area contributed by atoms with Crippen LogP contribution in [-0.4, -0.2) is 17.5 Å². The molecule has 176 valence electrons. The number of hydrogen-bond donors (Lipinski definition) is 2. The number of alkyl halides is 2. The summed E-state index contributed by atoms with van der Waals surface area (Å²) in [5.74, 6) is 0.558. The van der Waals surface area contributed by atoms with Gasteiger partial charge < -0.3 is 19.8 Å². The summed E-state index contributed by atoms with van der Waals surface area (Å²) < 4.78 is 35.0. The summed E-state index contributed by atoms with van der Waals surface area (Å²) in [6.45, 7) is 1.10. The molecule has 9 heteroatoms. The Balaban J connectivity index is 1.73. The lowest BCUT2D eigenvalue weighted by atomic mass is 9.99. The van der Waals surface area contributed by atoms with Crippen molar-refractivity contribution in [2.24, 2.45) is 0 Å².